The largest absolute Gasteiger partial charge is 0.444 e. The maximum absolute atomic E-state index is 13.2. The molecule has 12 heteroatoms. The second kappa shape index (κ2) is 11.5. The van der Waals surface area contributed by atoms with Crippen molar-refractivity contribution in [2.45, 2.75) is 71.6 Å². The van der Waals surface area contributed by atoms with Gasteiger partial charge < -0.3 is 29.2 Å². The van der Waals surface area contributed by atoms with Crippen LogP contribution in [0.25, 0.3) is 11.0 Å². The molecule has 4 heterocycles. The van der Waals surface area contributed by atoms with Crippen molar-refractivity contribution in [2.24, 2.45) is 7.05 Å². The zero-order chi connectivity index (χ0) is 31.0. The molecule has 1 atom stereocenters. The van der Waals surface area contributed by atoms with Gasteiger partial charge in [-0.25, -0.2) is 19.1 Å². The fourth-order valence-corrected chi connectivity index (χ4v) is 4.73. The highest BCUT2D eigenvalue weighted by atomic mass is 16.6. The van der Waals surface area contributed by atoms with Crippen molar-refractivity contribution in [3.63, 3.8) is 0 Å². The van der Waals surface area contributed by atoms with Gasteiger partial charge in [0.1, 0.15) is 11.2 Å². The number of anilines is 2. The van der Waals surface area contributed by atoms with Gasteiger partial charge in [0.05, 0.1) is 29.2 Å². The van der Waals surface area contributed by atoms with E-state index in [4.69, 9.17) is 9.47 Å². The molecule has 2 amide bonds. The summed E-state index contributed by atoms with van der Waals surface area (Å²) in [7, 11) is 3.31. The summed E-state index contributed by atoms with van der Waals surface area (Å²) in [5.74, 6) is -0.448. The van der Waals surface area contributed by atoms with Crippen LogP contribution in [0.15, 0.2) is 41.6 Å². The Morgan fingerprint density at radius 1 is 1.05 bits per heavy atom. The van der Waals surface area contributed by atoms with Gasteiger partial charge in [0.25, 0.3) is 5.91 Å². The number of ether oxygens (including phenoxy) is 2. The fraction of sp³-hybridized carbons (Fsp3) is 0.500. The molecule has 0 bridgehead atoms. The monoisotopic (exact) mass is 580 g/mol. The van der Waals surface area contributed by atoms with Crippen LogP contribution in [0.4, 0.5) is 21.0 Å². The number of likely N-dealkylation sites (N-methyl/N-ethyl adjacent to an activating group) is 1. The van der Waals surface area contributed by atoms with Gasteiger partial charge in [0.2, 0.25) is 5.56 Å². The van der Waals surface area contributed by atoms with Gasteiger partial charge >= 0.3 is 12.2 Å². The van der Waals surface area contributed by atoms with Crippen molar-refractivity contribution in [1.29, 1.82) is 0 Å². The van der Waals surface area contributed by atoms with Crippen LogP contribution in [0, 0.1) is 0 Å². The van der Waals surface area contributed by atoms with Crippen LogP contribution in [-0.2, 0) is 16.5 Å². The first-order valence-corrected chi connectivity index (χ1v) is 14.0. The number of piperidine rings is 1. The quantitative estimate of drug-likeness (QED) is 0.474. The maximum Gasteiger partial charge on any atom is 0.420 e. The van der Waals surface area contributed by atoms with Crippen molar-refractivity contribution >= 4 is 40.5 Å². The van der Waals surface area contributed by atoms with Crippen LogP contribution >= 0.6 is 0 Å². The minimum Gasteiger partial charge on any atom is -0.444 e. The molecule has 3 aromatic heterocycles. The van der Waals surface area contributed by atoms with Crippen LogP contribution < -0.4 is 15.8 Å². The van der Waals surface area contributed by atoms with Crippen LogP contribution in [0.1, 0.15) is 64.7 Å². The summed E-state index contributed by atoms with van der Waals surface area (Å²) >= 11 is 0. The van der Waals surface area contributed by atoms with E-state index in [-0.39, 0.29) is 23.3 Å². The van der Waals surface area contributed by atoms with Crippen molar-refractivity contribution < 1.29 is 23.9 Å². The molecule has 1 saturated heterocycles. The molecule has 0 aromatic carbocycles. The maximum atomic E-state index is 13.2. The third kappa shape index (κ3) is 7.10. The van der Waals surface area contributed by atoms with Crippen LogP contribution in [0.5, 0.6) is 0 Å². The summed E-state index contributed by atoms with van der Waals surface area (Å²) in [6.07, 6.45) is 5.29. The summed E-state index contributed by atoms with van der Waals surface area (Å²) in [6, 6.07) is 4.57. The molecule has 12 nitrogen and oxygen atoms in total. The number of carbonyl (C=O) groups is 3. The van der Waals surface area contributed by atoms with E-state index in [1.807, 2.05) is 26.8 Å². The Labute approximate surface area is 245 Å². The molecule has 3 aromatic rings. The lowest BCUT2D eigenvalue weighted by Gasteiger charge is -2.39. The standard InChI is InChI=1S/C30H40N6O6/c1-29(2,3)41-27(39)34(8)20-10-9-13-35(17-20)21-14-22-23(32-26(38)19-11-12-24(37)33(7)16-19)18-36(25(22)31-15-21)28(40)42-30(4,5)6/h11-12,14-16,18,20H,9-10,13,17H2,1-8H3,(H,32,38)/t20-/m1/s1. The Morgan fingerprint density at radius 3 is 2.38 bits per heavy atom. The molecule has 0 aliphatic carbocycles. The first-order chi connectivity index (χ1) is 19.5. The third-order valence-electron chi connectivity index (χ3n) is 6.81. The zero-order valence-corrected chi connectivity index (χ0v) is 25.6. The summed E-state index contributed by atoms with van der Waals surface area (Å²) < 4.78 is 13.7. The molecule has 4 rings (SSSR count). The van der Waals surface area contributed by atoms with E-state index < -0.39 is 23.2 Å². The summed E-state index contributed by atoms with van der Waals surface area (Å²) in [6.45, 7) is 12.1. The minimum absolute atomic E-state index is 0.0699. The highest BCUT2D eigenvalue weighted by Gasteiger charge is 2.30. The molecule has 1 fully saturated rings. The number of nitrogens with one attached hydrogen (secondary N) is 1. The molecule has 1 aliphatic rings. The first-order valence-electron chi connectivity index (χ1n) is 14.0. The van der Waals surface area contributed by atoms with Crippen LogP contribution in [0.2, 0.25) is 0 Å². The van der Waals surface area contributed by atoms with Crippen molar-refractivity contribution in [3.8, 4) is 0 Å². The SMILES string of the molecule is CN(C(=O)OC(C)(C)C)[C@@H]1CCCN(c2cnc3c(c2)c(NC(=O)c2ccc(=O)n(C)c2)cn3C(=O)OC(C)(C)C)C1. The average Bonchev–Trinajstić information content (AvgIpc) is 3.25. The van der Waals surface area contributed by atoms with Crippen LogP contribution in [0.3, 0.4) is 0 Å². The zero-order valence-electron chi connectivity index (χ0n) is 25.6. The molecule has 226 valence electrons. The van der Waals surface area contributed by atoms with Gasteiger partial charge in [-0.2, -0.15) is 0 Å². The second-order valence-electron chi connectivity index (χ2n) is 12.6. The lowest BCUT2D eigenvalue weighted by Crippen LogP contribution is -2.49. The van der Waals surface area contributed by atoms with E-state index in [1.165, 1.54) is 33.7 Å². The van der Waals surface area contributed by atoms with E-state index in [1.54, 1.807) is 46.0 Å². The van der Waals surface area contributed by atoms with Gasteiger partial charge in [0.15, 0.2) is 5.65 Å². The molecule has 0 spiro atoms. The van der Waals surface area contributed by atoms with E-state index in [0.717, 1.165) is 25.1 Å². The number of amides is 2. The lowest BCUT2D eigenvalue weighted by molar-refractivity contribution is 0.0209. The van der Waals surface area contributed by atoms with Gasteiger partial charge in [-0.05, 0) is 66.5 Å². The van der Waals surface area contributed by atoms with Crippen molar-refractivity contribution in [1.82, 2.24) is 19.0 Å². The number of aryl methyl sites for hydroxylation is 1. The van der Waals surface area contributed by atoms with Gasteiger partial charge in [-0.3, -0.25) is 9.59 Å². The van der Waals surface area contributed by atoms with Gasteiger partial charge in [0, 0.05) is 51.0 Å². The molecular formula is C30H40N6O6. The Kier molecular flexibility index (Phi) is 8.38. The Hall–Kier alpha value is -4.35. The number of nitrogens with zero attached hydrogens (tertiary/aromatic N) is 5. The highest BCUT2D eigenvalue weighted by molar-refractivity contribution is 6.10. The third-order valence-corrected chi connectivity index (χ3v) is 6.81. The predicted octanol–water partition coefficient (Wildman–Crippen LogP) is 4.61. The van der Waals surface area contributed by atoms with Crippen molar-refractivity contribution in [2.75, 3.05) is 30.4 Å². The van der Waals surface area contributed by atoms with Gasteiger partial charge in [-0.15, -0.1) is 0 Å². The van der Waals surface area contributed by atoms with Gasteiger partial charge in [-0.1, -0.05) is 0 Å². The Bertz CT molecular complexity index is 1560. The molecule has 0 unspecified atom stereocenters. The number of hydrogen-bond acceptors (Lipinski definition) is 8. The molecule has 1 N–H and O–H groups in total. The number of hydrogen-bond donors (Lipinski definition) is 1. The summed E-state index contributed by atoms with van der Waals surface area (Å²) in [4.78, 5) is 59.1. The Balaban J connectivity index is 1.67. The fourth-order valence-electron chi connectivity index (χ4n) is 4.73. The smallest absolute Gasteiger partial charge is 0.420 e. The molecule has 42 heavy (non-hydrogen) atoms. The minimum atomic E-state index is -0.741. The van der Waals surface area contributed by atoms with E-state index in [2.05, 4.69) is 15.2 Å². The normalized spacial score (nSPS) is 15.8. The predicted molar refractivity (Wildman–Crippen MR) is 160 cm³/mol. The van der Waals surface area contributed by atoms with Crippen LogP contribution in [-0.4, -0.2) is 74.5 Å². The summed E-state index contributed by atoms with van der Waals surface area (Å²) in [5.41, 5.74) is 0.179. The molecule has 0 saturated carbocycles. The van der Waals surface area contributed by atoms with E-state index in [0.29, 0.717) is 23.3 Å². The average molecular weight is 581 g/mol. The number of carbonyl (C=O) groups excluding carboxylic acids is 3. The first kappa shape index (κ1) is 30.6. The molecule has 0 radical (unpaired) electrons. The van der Waals surface area contributed by atoms with Crippen molar-refractivity contribution in [3.05, 3.63) is 52.7 Å². The summed E-state index contributed by atoms with van der Waals surface area (Å²) in [5, 5.41) is 3.41. The number of pyridine rings is 2. The topological polar surface area (TPSA) is 128 Å². The number of rotatable bonds is 4. The number of fused-ring (bicyclic) bond motifs is 1. The molecule has 1 aliphatic heterocycles. The lowest BCUT2D eigenvalue weighted by atomic mass is 10.0. The highest BCUT2D eigenvalue weighted by Crippen LogP contribution is 2.31. The second-order valence-corrected chi connectivity index (χ2v) is 12.6. The van der Waals surface area contributed by atoms with E-state index in [9.17, 15) is 19.2 Å². The molecular weight excluding hydrogens is 540 g/mol. The van der Waals surface area contributed by atoms with E-state index >= 15 is 0 Å². The Morgan fingerprint density at radius 2 is 1.74 bits per heavy atom. The number of aromatic nitrogens is 3.